The fraction of sp³-hybridized carbons (Fsp3) is 0.280. The molecule has 2 aromatic carbocycles. The molecule has 1 aliphatic heterocycles. The largest absolute Gasteiger partial charge is 0.468 e. The first-order valence-corrected chi connectivity index (χ1v) is 11.8. The summed E-state index contributed by atoms with van der Waals surface area (Å²) in [6.07, 6.45) is 0. The number of aryl methyl sites for hydroxylation is 3. The van der Waals surface area contributed by atoms with Gasteiger partial charge in [0.25, 0.3) is 0 Å². The molecule has 0 fully saturated rings. The van der Waals surface area contributed by atoms with Gasteiger partial charge in [-0.15, -0.1) is 0 Å². The lowest BCUT2D eigenvalue weighted by Gasteiger charge is -2.31. The van der Waals surface area contributed by atoms with Crippen molar-refractivity contribution in [3.63, 3.8) is 0 Å². The molecule has 0 saturated carbocycles. The van der Waals surface area contributed by atoms with Crippen molar-refractivity contribution in [2.75, 3.05) is 18.2 Å². The Morgan fingerprint density at radius 1 is 1.18 bits per heavy atom. The molecule has 2 atom stereocenters. The standard InChI is InChI=1S/C25H24ClN3O4S/c1-13-9-14(2)22(15(3)10-13)28-19(30)12-34-24-18(11-27)20(16-5-7-17(26)8-6-16)21(23(31)29-24)25(32)33-4/h5-10,20-21H,12H2,1-4H3,(H,28,30)(H,29,31)/t20-,21-/m0/s1. The van der Waals surface area contributed by atoms with Crippen LogP contribution in [0.5, 0.6) is 0 Å². The molecule has 2 N–H and O–H groups in total. The molecule has 0 radical (unpaired) electrons. The summed E-state index contributed by atoms with van der Waals surface area (Å²) in [6.45, 7) is 5.83. The Balaban J connectivity index is 1.89. The number of halogens is 1. The summed E-state index contributed by atoms with van der Waals surface area (Å²) in [6, 6.07) is 12.7. The number of amides is 2. The smallest absolute Gasteiger partial charge is 0.319 e. The Hall–Kier alpha value is -3.28. The van der Waals surface area contributed by atoms with Crippen LogP contribution in [0.3, 0.4) is 0 Å². The van der Waals surface area contributed by atoms with Gasteiger partial charge in [-0.1, -0.05) is 53.2 Å². The van der Waals surface area contributed by atoms with Crippen LogP contribution in [0, 0.1) is 38.0 Å². The maximum absolute atomic E-state index is 12.9. The number of rotatable bonds is 6. The Bertz CT molecular complexity index is 1190. The number of hydrogen-bond acceptors (Lipinski definition) is 6. The molecular weight excluding hydrogens is 474 g/mol. The Morgan fingerprint density at radius 3 is 2.35 bits per heavy atom. The van der Waals surface area contributed by atoms with Crippen molar-refractivity contribution in [2.45, 2.75) is 26.7 Å². The molecule has 34 heavy (non-hydrogen) atoms. The Morgan fingerprint density at radius 2 is 1.79 bits per heavy atom. The van der Waals surface area contributed by atoms with Crippen LogP contribution in [0.25, 0.3) is 0 Å². The number of methoxy groups -OCH3 is 1. The summed E-state index contributed by atoms with van der Waals surface area (Å²) < 4.78 is 4.83. The number of thioether (sulfide) groups is 1. The van der Waals surface area contributed by atoms with Crippen molar-refractivity contribution in [1.29, 1.82) is 5.26 Å². The molecule has 2 amide bonds. The molecule has 2 aromatic rings. The average Bonchev–Trinajstić information content (AvgIpc) is 2.79. The predicted octanol–water partition coefficient (Wildman–Crippen LogP) is 4.37. The van der Waals surface area contributed by atoms with Gasteiger partial charge in [-0.05, 0) is 49.6 Å². The predicted molar refractivity (Wildman–Crippen MR) is 132 cm³/mol. The highest BCUT2D eigenvalue weighted by molar-refractivity contribution is 8.03. The van der Waals surface area contributed by atoms with E-state index in [1.165, 1.54) is 7.11 Å². The van der Waals surface area contributed by atoms with Gasteiger partial charge in [0, 0.05) is 16.6 Å². The third-order valence-electron chi connectivity index (χ3n) is 5.50. The molecule has 9 heteroatoms. The average molecular weight is 498 g/mol. The zero-order valence-electron chi connectivity index (χ0n) is 19.2. The highest BCUT2D eigenvalue weighted by atomic mass is 35.5. The summed E-state index contributed by atoms with van der Waals surface area (Å²) in [5.74, 6) is -3.77. The fourth-order valence-electron chi connectivity index (χ4n) is 4.04. The van der Waals surface area contributed by atoms with Gasteiger partial charge in [-0.3, -0.25) is 14.4 Å². The van der Waals surface area contributed by atoms with E-state index in [9.17, 15) is 19.6 Å². The topological polar surface area (TPSA) is 108 Å². The van der Waals surface area contributed by atoms with Crippen LogP contribution in [0.15, 0.2) is 47.0 Å². The number of ether oxygens (including phenoxy) is 1. The molecular formula is C25H24ClN3O4S. The molecule has 1 aliphatic rings. The highest BCUT2D eigenvalue weighted by Gasteiger charge is 2.44. The van der Waals surface area contributed by atoms with Crippen LogP contribution in [0.1, 0.15) is 28.2 Å². The van der Waals surface area contributed by atoms with Gasteiger partial charge < -0.3 is 15.4 Å². The summed E-state index contributed by atoms with van der Waals surface area (Å²) in [5, 5.41) is 16.2. The fourth-order valence-corrected chi connectivity index (χ4v) is 5.01. The molecule has 0 aliphatic carbocycles. The van der Waals surface area contributed by atoms with Crippen LogP contribution < -0.4 is 10.6 Å². The first-order valence-electron chi connectivity index (χ1n) is 10.4. The van der Waals surface area contributed by atoms with Gasteiger partial charge in [0.2, 0.25) is 11.8 Å². The van der Waals surface area contributed by atoms with E-state index in [1.807, 2.05) is 32.9 Å². The lowest BCUT2D eigenvalue weighted by molar-refractivity contribution is -0.150. The molecule has 7 nitrogen and oxygen atoms in total. The van der Waals surface area contributed by atoms with Crippen LogP contribution in [0.2, 0.25) is 5.02 Å². The molecule has 0 spiro atoms. The Kier molecular flexibility index (Phi) is 8.02. The maximum Gasteiger partial charge on any atom is 0.319 e. The van der Waals surface area contributed by atoms with E-state index in [1.54, 1.807) is 24.3 Å². The van der Waals surface area contributed by atoms with E-state index in [0.29, 0.717) is 10.6 Å². The number of nitrogens with one attached hydrogen (secondary N) is 2. The number of nitriles is 1. The summed E-state index contributed by atoms with van der Waals surface area (Å²) in [4.78, 5) is 38.0. The van der Waals surface area contributed by atoms with Crippen molar-refractivity contribution < 1.29 is 19.1 Å². The number of esters is 1. The third-order valence-corrected chi connectivity index (χ3v) is 6.77. The normalized spacial score (nSPS) is 17.6. The first kappa shape index (κ1) is 25.3. The van der Waals surface area contributed by atoms with Crippen LogP contribution >= 0.6 is 23.4 Å². The molecule has 1 heterocycles. The van der Waals surface area contributed by atoms with E-state index in [2.05, 4.69) is 16.7 Å². The second-order valence-corrected chi connectivity index (χ2v) is 9.41. The second kappa shape index (κ2) is 10.8. The minimum atomic E-state index is -1.24. The maximum atomic E-state index is 12.9. The number of carbonyl (C=O) groups excluding carboxylic acids is 3. The molecule has 0 bridgehead atoms. The summed E-state index contributed by atoms with van der Waals surface area (Å²) in [7, 11) is 1.19. The van der Waals surface area contributed by atoms with E-state index in [0.717, 1.165) is 34.1 Å². The van der Waals surface area contributed by atoms with E-state index >= 15 is 0 Å². The zero-order valence-corrected chi connectivity index (χ0v) is 20.8. The summed E-state index contributed by atoms with van der Waals surface area (Å²) >= 11 is 7.02. The summed E-state index contributed by atoms with van der Waals surface area (Å²) in [5.41, 5.74) is 4.48. The van der Waals surface area contributed by atoms with Crippen molar-refractivity contribution in [2.24, 2.45) is 5.92 Å². The number of benzene rings is 2. The molecule has 0 saturated heterocycles. The lowest BCUT2D eigenvalue weighted by Crippen LogP contribution is -2.44. The van der Waals surface area contributed by atoms with Gasteiger partial charge in [0.15, 0.2) is 0 Å². The third kappa shape index (κ3) is 5.44. The van der Waals surface area contributed by atoms with Gasteiger partial charge in [0.05, 0.1) is 29.5 Å². The first-order chi connectivity index (χ1) is 16.2. The minimum absolute atomic E-state index is 0.0379. The van der Waals surface area contributed by atoms with Crippen molar-refractivity contribution >= 4 is 46.8 Å². The Labute approximate surface area is 207 Å². The van der Waals surface area contributed by atoms with Gasteiger partial charge in [-0.2, -0.15) is 5.26 Å². The number of hydrogen-bond donors (Lipinski definition) is 2. The molecule has 0 aromatic heterocycles. The van der Waals surface area contributed by atoms with Gasteiger partial charge in [0.1, 0.15) is 5.92 Å². The highest BCUT2D eigenvalue weighted by Crippen LogP contribution is 2.40. The minimum Gasteiger partial charge on any atom is -0.468 e. The molecule has 3 rings (SSSR count). The van der Waals surface area contributed by atoms with Crippen molar-refractivity contribution in [3.05, 3.63) is 74.3 Å². The van der Waals surface area contributed by atoms with E-state index < -0.39 is 23.7 Å². The second-order valence-electron chi connectivity index (χ2n) is 7.98. The van der Waals surface area contributed by atoms with Crippen LogP contribution in [-0.2, 0) is 19.1 Å². The SMILES string of the molecule is COC(=O)[C@@H]1C(=O)NC(SCC(=O)Nc2c(C)cc(C)cc2C)=C(C#N)[C@@H]1c1ccc(Cl)cc1. The molecule has 0 unspecified atom stereocenters. The van der Waals surface area contributed by atoms with Crippen molar-refractivity contribution in [3.8, 4) is 6.07 Å². The van der Waals surface area contributed by atoms with E-state index in [4.69, 9.17) is 16.3 Å². The van der Waals surface area contributed by atoms with Gasteiger partial charge in [-0.25, -0.2) is 0 Å². The zero-order chi connectivity index (χ0) is 25.0. The van der Waals surface area contributed by atoms with Crippen LogP contribution in [-0.4, -0.2) is 30.6 Å². The number of allylic oxidation sites excluding steroid dienone is 1. The van der Waals surface area contributed by atoms with E-state index in [-0.39, 0.29) is 22.3 Å². The lowest BCUT2D eigenvalue weighted by atomic mass is 9.78. The number of carbonyl (C=O) groups is 3. The number of anilines is 1. The monoisotopic (exact) mass is 497 g/mol. The number of nitrogens with zero attached hydrogens (tertiary/aromatic N) is 1. The van der Waals surface area contributed by atoms with Crippen LogP contribution in [0.4, 0.5) is 5.69 Å². The van der Waals surface area contributed by atoms with Gasteiger partial charge >= 0.3 is 5.97 Å². The quantitative estimate of drug-likeness (QED) is 0.453. The van der Waals surface area contributed by atoms with Crippen molar-refractivity contribution in [1.82, 2.24) is 5.32 Å². The molecule has 176 valence electrons.